The molecule has 0 heterocycles. The summed E-state index contributed by atoms with van der Waals surface area (Å²) >= 11 is 0. The highest BCUT2D eigenvalue weighted by molar-refractivity contribution is 5.91. The van der Waals surface area contributed by atoms with Crippen LogP contribution in [0.2, 0.25) is 0 Å². The van der Waals surface area contributed by atoms with Crippen LogP contribution in [0, 0.1) is 5.82 Å². The zero-order valence-corrected chi connectivity index (χ0v) is 10.6. The van der Waals surface area contributed by atoms with Gasteiger partial charge in [0.05, 0.1) is 6.21 Å². The van der Waals surface area contributed by atoms with E-state index >= 15 is 0 Å². The number of oxime groups is 1. The molecule has 2 aromatic carbocycles. The summed E-state index contributed by atoms with van der Waals surface area (Å²) in [5, 5.41) is 6.26. The van der Waals surface area contributed by atoms with Gasteiger partial charge >= 0.3 is 0 Å². The van der Waals surface area contributed by atoms with Gasteiger partial charge in [0.2, 0.25) is 0 Å². The van der Waals surface area contributed by atoms with Gasteiger partial charge in [0.15, 0.2) is 6.61 Å². The van der Waals surface area contributed by atoms with Gasteiger partial charge < -0.3 is 10.2 Å². The van der Waals surface area contributed by atoms with Gasteiger partial charge in [-0.05, 0) is 29.8 Å². The molecule has 0 aromatic heterocycles. The Bertz CT molecular complexity index is 600. The molecule has 2 aromatic rings. The Kier molecular flexibility index (Phi) is 4.83. The van der Waals surface area contributed by atoms with E-state index in [4.69, 9.17) is 4.84 Å². The number of carbonyl (C=O) groups excluding carboxylic acids is 1. The minimum Gasteiger partial charge on any atom is -0.386 e. The molecule has 4 nitrogen and oxygen atoms in total. The van der Waals surface area contributed by atoms with Crippen molar-refractivity contribution in [2.45, 2.75) is 0 Å². The van der Waals surface area contributed by atoms with E-state index in [0.717, 1.165) is 0 Å². The fourth-order valence-electron chi connectivity index (χ4n) is 1.50. The van der Waals surface area contributed by atoms with E-state index in [1.807, 2.05) is 18.2 Å². The molecule has 102 valence electrons. The van der Waals surface area contributed by atoms with Gasteiger partial charge in [-0.1, -0.05) is 35.5 Å². The molecule has 1 N–H and O–H groups in total. The van der Waals surface area contributed by atoms with E-state index < -0.39 is 0 Å². The SMILES string of the molecule is O=C(CO/N=C\c1cccc(F)c1)Nc1ccccc1. The quantitative estimate of drug-likeness (QED) is 0.672. The first-order chi connectivity index (χ1) is 9.74. The molecule has 0 aliphatic carbocycles. The Hall–Kier alpha value is -2.69. The zero-order valence-electron chi connectivity index (χ0n) is 10.6. The highest BCUT2D eigenvalue weighted by atomic mass is 19.1. The standard InChI is InChI=1S/C15H13FN2O2/c16-13-6-4-5-12(9-13)10-17-20-11-15(19)18-14-7-2-1-3-8-14/h1-10H,11H2,(H,18,19)/b17-10-. The fourth-order valence-corrected chi connectivity index (χ4v) is 1.50. The third-order valence-electron chi connectivity index (χ3n) is 2.38. The number of nitrogens with zero attached hydrogens (tertiary/aromatic N) is 1. The number of para-hydroxylation sites is 1. The zero-order chi connectivity index (χ0) is 14.2. The summed E-state index contributed by atoms with van der Waals surface area (Å²) in [6, 6.07) is 14.9. The van der Waals surface area contributed by atoms with Crippen LogP contribution in [-0.2, 0) is 9.63 Å². The maximum absolute atomic E-state index is 12.9. The fraction of sp³-hybridized carbons (Fsp3) is 0.0667. The first-order valence-corrected chi connectivity index (χ1v) is 6.00. The monoisotopic (exact) mass is 272 g/mol. The Labute approximate surface area is 115 Å². The normalized spacial score (nSPS) is 10.4. The molecular formula is C15H13FN2O2. The van der Waals surface area contributed by atoms with Crippen LogP contribution in [0.15, 0.2) is 59.8 Å². The van der Waals surface area contributed by atoms with E-state index in [1.165, 1.54) is 18.3 Å². The van der Waals surface area contributed by atoms with Crippen LogP contribution in [0.5, 0.6) is 0 Å². The third kappa shape index (κ3) is 4.53. The Morgan fingerprint density at radius 3 is 2.75 bits per heavy atom. The van der Waals surface area contributed by atoms with Crippen molar-refractivity contribution in [1.82, 2.24) is 0 Å². The van der Waals surface area contributed by atoms with Crippen LogP contribution in [0.3, 0.4) is 0 Å². The molecule has 1 amide bonds. The van der Waals surface area contributed by atoms with Crippen molar-refractivity contribution in [2.24, 2.45) is 5.16 Å². The lowest BCUT2D eigenvalue weighted by molar-refractivity contribution is -0.120. The van der Waals surface area contributed by atoms with E-state index in [0.29, 0.717) is 11.3 Å². The largest absolute Gasteiger partial charge is 0.386 e. The smallest absolute Gasteiger partial charge is 0.265 e. The number of hydrogen-bond acceptors (Lipinski definition) is 3. The average molecular weight is 272 g/mol. The van der Waals surface area contributed by atoms with Crippen LogP contribution < -0.4 is 5.32 Å². The van der Waals surface area contributed by atoms with Crippen molar-refractivity contribution in [3.63, 3.8) is 0 Å². The summed E-state index contributed by atoms with van der Waals surface area (Å²) in [5.74, 6) is -0.664. The molecule has 0 aliphatic rings. The maximum atomic E-state index is 12.9. The van der Waals surface area contributed by atoms with Crippen molar-refractivity contribution in [1.29, 1.82) is 0 Å². The Balaban J connectivity index is 1.77. The van der Waals surface area contributed by atoms with Gasteiger partial charge in [0, 0.05) is 5.69 Å². The second-order valence-electron chi connectivity index (χ2n) is 3.98. The molecule has 0 aliphatic heterocycles. The summed E-state index contributed by atoms with van der Waals surface area (Å²) in [7, 11) is 0. The molecule has 0 saturated heterocycles. The Morgan fingerprint density at radius 2 is 2.00 bits per heavy atom. The topological polar surface area (TPSA) is 50.7 Å². The molecule has 0 fully saturated rings. The lowest BCUT2D eigenvalue weighted by Gasteiger charge is -2.03. The van der Waals surface area contributed by atoms with Crippen LogP contribution in [0.1, 0.15) is 5.56 Å². The van der Waals surface area contributed by atoms with Crippen LogP contribution in [-0.4, -0.2) is 18.7 Å². The van der Waals surface area contributed by atoms with Crippen molar-refractivity contribution in [3.05, 3.63) is 66.0 Å². The van der Waals surface area contributed by atoms with E-state index in [2.05, 4.69) is 10.5 Å². The number of hydrogen-bond donors (Lipinski definition) is 1. The number of halogens is 1. The minimum absolute atomic E-state index is 0.208. The van der Waals surface area contributed by atoms with Gasteiger partial charge in [-0.3, -0.25) is 4.79 Å². The van der Waals surface area contributed by atoms with Gasteiger partial charge in [-0.25, -0.2) is 4.39 Å². The van der Waals surface area contributed by atoms with Gasteiger partial charge in [0.1, 0.15) is 5.82 Å². The number of anilines is 1. The molecule has 0 saturated carbocycles. The number of amides is 1. The van der Waals surface area contributed by atoms with Crippen molar-refractivity contribution in [2.75, 3.05) is 11.9 Å². The minimum atomic E-state index is -0.351. The summed E-state index contributed by atoms with van der Waals surface area (Å²) < 4.78 is 12.9. The summed E-state index contributed by atoms with van der Waals surface area (Å²) in [6.45, 7) is -0.208. The van der Waals surface area contributed by atoms with Crippen LogP contribution >= 0.6 is 0 Å². The molecule has 5 heteroatoms. The van der Waals surface area contributed by atoms with Gasteiger partial charge in [-0.15, -0.1) is 0 Å². The first kappa shape index (κ1) is 13.7. The second kappa shape index (κ2) is 7.04. The molecule has 0 bridgehead atoms. The maximum Gasteiger partial charge on any atom is 0.265 e. The molecule has 2 rings (SSSR count). The van der Waals surface area contributed by atoms with E-state index in [9.17, 15) is 9.18 Å². The molecule has 0 spiro atoms. The lowest BCUT2D eigenvalue weighted by atomic mass is 10.2. The summed E-state index contributed by atoms with van der Waals surface area (Å²) in [4.78, 5) is 16.4. The molecule has 0 radical (unpaired) electrons. The predicted octanol–water partition coefficient (Wildman–Crippen LogP) is 2.81. The van der Waals surface area contributed by atoms with Crippen molar-refractivity contribution in [3.8, 4) is 0 Å². The first-order valence-electron chi connectivity index (χ1n) is 6.00. The van der Waals surface area contributed by atoms with E-state index in [1.54, 1.807) is 24.3 Å². The van der Waals surface area contributed by atoms with Gasteiger partial charge in [-0.2, -0.15) is 0 Å². The third-order valence-corrected chi connectivity index (χ3v) is 2.38. The predicted molar refractivity (Wildman–Crippen MR) is 75.0 cm³/mol. The summed E-state index contributed by atoms with van der Waals surface area (Å²) in [5.41, 5.74) is 1.25. The molecule has 0 atom stereocenters. The van der Waals surface area contributed by atoms with Gasteiger partial charge in [0.25, 0.3) is 5.91 Å². The highest BCUT2D eigenvalue weighted by Gasteiger charge is 2.01. The Morgan fingerprint density at radius 1 is 1.20 bits per heavy atom. The summed E-state index contributed by atoms with van der Waals surface area (Å²) in [6.07, 6.45) is 1.35. The van der Waals surface area contributed by atoms with Crippen molar-refractivity contribution < 1.29 is 14.0 Å². The number of rotatable bonds is 5. The van der Waals surface area contributed by atoms with Crippen molar-refractivity contribution >= 4 is 17.8 Å². The lowest BCUT2D eigenvalue weighted by Crippen LogP contribution is -2.16. The number of benzene rings is 2. The average Bonchev–Trinajstić information content (AvgIpc) is 2.45. The number of carbonyl (C=O) groups is 1. The second-order valence-corrected chi connectivity index (χ2v) is 3.98. The van der Waals surface area contributed by atoms with Crippen LogP contribution in [0.25, 0.3) is 0 Å². The highest BCUT2D eigenvalue weighted by Crippen LogP contribution is 2.04. The van der Waals surface area contributed by atoms with Crippen LogP contribution in [0.4, 0.5) is 10.1 Å². The molecule has 20 heavy (non-hydrogen) atoms. The molecular weight excluding hydrogens is 259 g/mol. The number of nitrogens with one attached hydrogen (secondary N) is 1. The molecule has 0 unspecified atom stereocenters. The van der Waals surface area contributed by atoms with E-state index in [-0.39, 0.29) is 18.3 Å².